The molecule has 0 bridgehead atoms. The summed E-state index contributed by atoms with van der Waals surface area (Å²) in [6, 6.07) is 8.50. The van der Waals surface area contributed by atoms with Crippen LogP contribution in [-0.4, -0.2) is 57.6 Å². The van der Waals surface area contributed by atoms with E-state index in [0.29, 0.717) is 0 Å². The van der Waals surface area contributed by atoms with Gasteiger partial charge in [0.1, 0.15) is 0 Å². The zero-order chi connectivity index (χ0) is 13.8. The van der Waals surface area contributed by atoms with Crippen LogP contribution >= 0.6 is 0 Å². The van der Waals surface area contributed by atoms with Crippen LogP contribution in [0, 0.1) is 0 Å². The molecule has 5 heteroatoms. The molecule has 0 aliphatic carbocycles. The Labute approximate surface area is 114 Å². The molecule has 5 nitrogen and oxygen atoms in total. The summed E-state index contributed by atoms with van der Waals surface area (Å²) in [6.45, 7) is 3.36. The summed E-state index contributed by atoms with van der Waals surface area (Å²) in [6.07, 6.45) is 0. The molecule has 1 fully saturated rings. The molecule has 1 aliphatic heterocycles. The largest absolute Gasteiger partial charge is 0.378 e. The second kappa shape index (κ2) is 5.93. The number of hydrogen-bond acceptors (Lipinski definition) is 4. The molecule has 1 saturated heterocycles. The fourth-order valence-electron chi connectivity index (χ4n) is 2.30. The average molecular weight is 262 g/mol. The van der Waals surface area contributed by atoms with Gasteiger partial charge >= 0.3 is 0 Å². The predicted octanol–water partition coefficient (Wildman–Crippen LogP) is 0.360. The highest BCUT2D eigenvalue weighted by Gasteiger charge is 2.20. The van der Waals surface area contributed by atoms with E-state index in [-0.39, 0.29) is 12.5 Å². The normalized spacial score (nSPS) is 15.5. The number of piperazine rings is 1. The molecule has 0 saturated carbocycles. The molecular formula is C14H22N4O. The lowest BCUT2D eigenvalue weighted by Crippen LogP contribution is -2.50. The molecular weight excluding hydrogens is 240 g/mol. The highest BCUT2D eigenvalue weighted by Crippen LogP contribution is 2.20. The van der Waals surface area contributed by atoms with Gasteiger partial charge in [-0.3, -0.25) is 4.79 Å². The van der Waals surface area contributed by atoms with Crippen molar-refractivity contribution >= 4 is 17.3 Å². The fraction of sp³-hybridized carbons (Fsp3) is 0.500. The topological polar surface area (TPSA) is 52.8 Å². The number of carbonyl (C=O) groups is 1. The summed E-state index contributed by atoms with van der Waals surface area (Å²) in [5, 5.41) is 0. The van der Waals surface area contributed by atoms with Crippen LogP contribution in [0.25, 0.3) is 0 Å². The minimum atomic E-state index is 0.0441. The van der Waals surface area contributed by atoms with Crippen molar-refractivity contribution in [3.63, 3.8) is 0 Å². The first-order valence-corrected chi connectivity index (χ1v) is 6.62. The first-order chi connectivity index (χ1) is 9.11. The van der Waals surface area contributed by atoms with Gasteiger partial charge in [0.25, 0.3) is 0 Å². The first kappa shape index (κ1) is 13.7. The summed E-state index contributed by atoms with van der Waals surface area (Å²) in [5.41, 5.74) is 7.79. The van der Waals surface area contributed by atoms with Gasteiger partial charge in [-0.05, 0) is 24.3 Å². The number of rotatable bonds is 3. The van der Waals surface area contributed by atoms with Crippen LogP contribution < -0.4 is 15.5 Å². The van der Waals surface area contributed by atoms with Crippen molar-refractivity contribution in [1.82, 2.24) is 4.90 Å². The highest BCUT2D eigenvalue weighted by molar-refractivity contribution is 5.78. The molecule has 1 aromatic carbocycles. The van der Waals surface area contributed by atoms with Gasteiger partial charge in [-0.1, -0.05) is 0 Å². The zero-order valence-electron chi connectivity index (χ0n) is 11.7. The van der Waals surface area contributed by atoms with Crippen molar-refractivity contribution in [3.8, 4) is 0 Å². The lowest BCUT2D eigenvalue weighted by atomic mass is 10.2. The van der Waals surface area contributed by atoms with E-state index >= 15 is 0 Å². The average Bonchev–Trinajstić information content (AvgIpc) is 2.46. The van der Waals surface area contributed by atoms with Crippen LogP contribution in [-0.2, 0) is 4.79 Å². The molecule has 1 heterocycles. The van der Waals surface area contributed by atoms with E-state index in [4.69, 9.17) is 5.73 Å². The molecule has 1 aliphatic rings. The maximum absolute atomic E-state index is 11.5. The Bertz CT molecular complexity index is 422. The molecule has 19 heavy (non-hydrogen) atoms. The van der Waals surface area contributed by atoms with Gasteiger partial charge < -0.3 is 20.4 Å². The Kier molecular flexibility index (Phi) is 4.27. The van der Waals surface area contributed by atoms with E-state index in [0.717, 1.165) is 26.2 Å². The first-order valence-electron chi connectivity index (χ1n) is 6.62. The van der Waals surface area contributed by atoms with Gasteiger partial charge in [0.15, 0.2) is 0 Å². The Balaban J connectivity index is 1.96. The molecule has 0 spiro atoms. The van der Waals surface area contributed by atoms with Crippen molar-refractivity contribution in [1.29, 1.82) is 0 Å². The minimum absolute atomic E-state index is 0.0441. The third-order valence-electron chi connectivity index (χ3n) is 3.54. The molecule has 0 unspecified atom stereocenters. The smallest absolute Gasteiger partial charge is 0.236 e. The monoisotopic (exact) mass is 262 g/mol. The number of nitrogens with zero attached hydrogens (tertiary/aromatic N) is 3. The number of amides is 1. The van der Waals surface area contributed by atoms with Gasteiger partial charge in [0.2, 0.25) is 5.91 Å². The van der Waals surface area contributed by atoms with Gasteiger partial charge in [0, 0.05) is 51.6 Å². The Morgan fingerprint density at radius 2 is 1.74 bits per heavy atom. The van der Waals surface area contributed by atoms with Crippen LogP contribution in [0.5, 0.6) is 0 Å². The number of anilines is 2. The highest BCUT2D eigenvalue weighted by atomic mass is 16.2. The fourth-order valence-corrected chi connectivity index (χ4v) is 2.30. The lowest BCUT2D eigenvalue weighted by Gasteiger charge is -2.36. The van der Waals surface area contributed by atoms with Gasteiger partial charge in [-0.15, -0.1) is 0 Å². The molecule has 0 aromatic heterocycles. The van der Waals surface area contributed by atoms with E-state index in [1.54, 1.807) is 0 Å². The van der Waals surface area contributed by atoms with Gasteiger partial charge in [-0.2, -0.15) is 0 Å². The minimum Gasteiger partial charge on any atom is -0.378 e. The maximum atomic E-state index is 11.5. The van der Waals surface area contributed by atoms with Crippen molar-refractivity contribution < 1.29 is 4.79 Å². The van der Waals surface area contributed by atoms with Crippen molar-refractivity contribution in [2.24, 2.45) is 5.73 Å². The predicted molar refractivity (Wildman–Crippen MR) is 78.6 cm³/mol. The van der Waals surface area contributed by atoms with E-state index in [2.05, 4.69) is 34.1 Å². The molecule has 1 aromatic rings. The van der Waals surface area contributed by atoms with E-state index in [1.165, 1.54) is 11.4 Å². The molecule has 1 amide bonds. The quantitative estimate of drug-likeness (QED) is 0.854. The maximum Gasteiger partial charge on any atom is 0.236 e. The zero-order valence-corrected chi connectivity index (χ0v) is 11.7. The number of carbonyl (C=O) groups excluding carboxylic acids is 1. The van der Waals surface area contributed by atoms with Crippen LogP contribution in [0.1, 0.15) is 0 Å². The third kappa shape index (κ3) is 3.17. The van der Waals surface area contributed by atoms with Crippen LogP contribution in [0.15, 0.2) is 24.3 Å². The van der Waals surface area contributed by atoms with Gasteiger partial charge in [-0.25, -0.2) is 0 Å². The van der Waals surface area contributed by atoms with E-state index in [9.17, 15) is 4.79 Å². The number of hydrogen-bond donors (Lipinski definition) is 1. The van der Waals surface area contributed by atoms with Crippen LogP contribution in [0.4, 0.5) is 11.4 Å². The van der Waals surface area contributed by atoms with Crippen molar-refractivity contribution in [3.05, 3.63) is 24.3 Å². The lowest BCUT2D eigenvalue weighted by molar-refractivity contribution is -0.129. The Hall–Kier alpha value is -1.75. The SMILES string of the molecule is CN(C)c1ccc(N2CCN(C(=O)CN)CC2)cc1. The second-order valence-electron chi connectivity index (χ2n) is 4.98. The Morgan fingerprint density at radius 1 is 1.16 bits per heavy atom. The van der Waals surface area contributed by atoms with Crippen LogP contribution in [0.2, 0.25) is 0 Å². The van der Waals surface area contributed by atoms with E-state index in [1.807, 2.05) is 19.0 Å². The Morgan fingerprint density at radius 3 is 2.21 bits per heavy atom. The van der Waals surface area contributed by atoms with E-state index < -0.39 is 0 Å². The van der Waals surface area contributed by atoms with Crippen molar-refractivity contribution in [2.45, 2.75) is 0 Å². The molecule has 2 N–H and O–H groups in total. The standard InChI is InChI=1S/C14H22N4O/c1-16(2)12-3-5-13(6-4-12)17-7-9-18(10-8-17)14(19)11-15/h3-6H,7-11,15H2,1-2H3. The summed E-state index contributed by atoms with van der Waals surface area (Å²) >= 11 is 0. The van der Waals surface area contributed by atoms with Gasteiger partial charge in [0.05, 0.1) is 6.54 Å². The number of benzene rings is 1. The summed E-state index contributed by atoms with van der Waals surface area (Å²) in [4.78, 5) is 17.7. The molecule has 2 rings (SSSR count). The molecule has 0 atom stereocenters. The summed E-state index contributed by atoms with van der Waals surface area (Å²) < 4.78 is 0. The summed E-state index contributed by atoms with van der Waals surface area (Å²) in [5.74, 6) is 0.0441. The second-order valence-corrected chi connectivity index (χ2v) is 4.98. The molecule has 104 valence electrons. The van der Waals surface area contributed by atoms with Crippen LogP contribution in [0.3, 0.4) is 0 Å². The number of nitrogens with two attached hydrogens (primary N) is 1. The summed E-state index contributed by atoms with van der Waals surface area (Å²) in [7, 11) is 4.07. The van der Waals surface area contributed by atoms with Crippen molar-refractivity contribution in [2.75, 3.05) is 56.6 Å². The third-order valence-corrected chi connectivity index (χ3v) is 3.54. The molecule has 0 radical (unpaired) electrons.